The summed E-state index contributed by atoms with van der Waals surface area (Å²) in [6.07, 6.45) is 5.92. The molecule has 6 nitrogen and oxygen atoms in total. The predicted molar refractivity (Wildman–Crippen MR) is 88.1 cm³/mol. The lowest BCUT2D eigenvalue weighted by Crippen LogP contribution is -2.14. The molecule has 118 valence electrons. The van der Waals surface area contributed by atoms with Crippen molar-refractivity contribution < 1.29 is 4.74 Å². The Labute approximate surface area is 134 Å². The summed E-state index contributed by atoms with van der Waals surface area (Å²) < 4.78 is 7.76. The average Bonchev–Trinajstić information content (AvgIpc) is 3.25. The highest BCUT2D eigenvalue weighted by Gasteiger charge is 2.18. The highest BCUT2D eigenvalue weighted by Crippen LogP contribution is 2.20. The highest BCUT2D eigenvalue weighted by molar-refractivity contribution is 5.82. The van der Waals surface area contributed by atoms with E-state index in [-0.39, 0.29) is 6.10 Å². The van der Waals surface area contributed by atoms with Gasteiger partial charge in [-0.2, -0.15) is 0 Å². The Kier molecular flexibility index (Phi) is 3.90. The molecule has 1 atom stereocenters. The normalized spacial score (nSPS) is 17.7. The second-order valence-corrected chi connectivity index (χ2v) is 5.77. The highest BCUT2D eigenvalue weighted by atomic mass is 16.5. The summed E-state index contributed by atoms with van der Waals surface area (Å²) in [5.74, 6) is 0.768. The molecule has 1 saturated heterocycles. The van der Waals surface area contributed by atoms with Crippen molar-refractivity contribution in [2.24, 2.45) is 0 Å². The number of hydrogen-bond donors (Lipinski definition) is 1. The summed E-state index contributed by atoms with van der Waals surface area (Å²) in [5.41, 5.74) is 2.87. The minimum atomic E-state index is 0.267. The van der Waals surface area contributed by atoms with Crippen LogP contribution >= 0.6 is 0 Å². The molecule has 4 rings (SSSR count). The number of anilines is 1. The zero-order valence-electron chi connectivity index (χ0n) is 12.9. The van der Waals surface area contributed by atoms with E-state index in [1.165, 1.54) is 5.56 Å². The average molecular weight is 309 g/mol. The van der Waals surface area contributed by atoms with Crippen LogP contribution in [0, 0.1) is 0 Å². The molecule has 3 heterocycles. The van der Waals surface area contributed by atoms with Gasteiger partial charge < -0.3 is 14.6 Å². The van der Waals surface area contributed by atoms with Gasteiger partial charge in [-0.3, -0.25) is 0 Å². The molecule has 23 heavy (non-hydrogen) atoms. The number of benzene rings is 1. The van der Waals surface area contributed by atoms with E-state index in [1.807, 2.05) is 24.5 Å². The van der Waals surface area contributed by atoms with E-state index in [0.29, 0.717) is 6.54 Å². The van der Waals surface area contributed by atoms with E-state index >= 15 is 0 Å². The molecular formula is C17H19N5O. The van der Waals surface area contributed by atoms with Gasteiger partial charge in [0.1, 0.15) is 11.8 Å². The molecule has 0 bridgehead atoms. The van der Waals surface area contributed by atoms with Crippen LogP contribution in [0.15, 0.2) is 43.0 Å². The topological polar surface area (TPSA) is 64.9 Å². The first-order valence-corrected chi connectivity index (χ1v) is 7.95. The summed E-state index contributed by atoms with van der Waals surface area (Å²) >= 11 is 0. The van der Waals surface area contributed by atoms with Crippen molar-refractivity contribution >= 4 is 17.0 Å². The molecule has 6 heteroatoms. The third-order valence-electron chi connectivity index (χ3n) is 4.13. The molecule has 0 aliphatic carbocycles. The Morgan fingerprint density at radius 1 is 1.17 bits per heavy atom. The maximum absolute atomic E-state index is 5.70. The molecule has 0 spiro atoms. The standard InChI is InChI=1S/C17H19N5O/c1-2-5-13(6-3-1)9-18-16-15-17(20-11-19-16)22(12-21-15)10-14-7-4-8-23-14/h1-3,5-6,11-12,14H,4,7-10H2,(H,18,19,20). The maximum Gasteiger partial charge on any atom is 0.165 e. The van der Waals surface area contributed by atoms with Crippen LogP contribution in [0.3, 0.4) is 0 Å². The van der Waals surface area contributed by atoms with E-state index in [1.54, 1.807) is 6.33 Å². The van der Waals surface area contributed by atoms with Gasteiger partial charge >= 0.3 is 0 Å². The number of aromatic nitrogens is 4. The second-order valence-electron chi connectivity index (χ2n) is 5.77. The zero-order valence-corrected chi connectivity index (χ0v) is 12.9. The minimum absolute atomic E-state index is 0.267. The van der Waals surface area contributed by atoms with Crippen molar-refractivity contribution in [2.45, 2.75) is 32.0 Å². The molecule has 0 saturated carbocycles. The van der Waals surface area contributed by atoms with E-state index in [4.69, 9.17) is 4.74 Å². The maximum atomic E-state index is 5.70. The monoisotopic (exact) mass is 309 g/mol. The van der Waals surface area contributed by atoms with Crippen LogP contribution in [0.1, 0.15) is 18.4 Å². The fourth-order valence-electron chi connectivity index (χ4n) is 2.93. The molecule has 3 aromatic rings. The zero-order chi connectivity index (χ0) is 15.5. The van der Waals surface area contributed by atoms with Crippen LogP contribution in [0.4, 0.5) is 5.82 Å². The summed E-state index contributed by atoms with van der Waals surface area (Å²) in [5, 5.41) is 3.35. The van der Waals surface area contributed by atoms with Crippen molar-refractivity contribution in [1.82, 2.24) is 19.5 Å². The third-order valence-corrected chi connectivity index (χ3v) is 4.13. The molecule has 2 aromatic heterocycles. The number of hydrogen-bond acceptors (Lipinski definition) is 5. The number of nitrogens with one attached hydrogen (secondary N) is 1. The van der Waals surface area contributed by atoms with E-state index in [9.17, 15) is 0 Å². The SMILES string of the molecule is c1ccc(CNc2ncnc3c2ncn3CC2CCCO2)cc1. The molecule has 1 aromatic carbocycles. The second kappa shape index (κ2) is 6.34. The molecular weight excluding hydrogens is 290 g/mol. The van der Waals surface area contributed by atoms with Crippen molar-refractivity contribution in [1.29, 1.82) is 0 Å². The number of nitrogens with zero attached hydrogens (tertiary/aromatic N) is 4. The third kappa shape index (κ3) is 3.03. The number of ether oxygens (including phenoxy) is 1. The lowest BCUT2D eigenvalue weighted by Gasteiger charge is -2.10. The fourth-order valence-corrected chi connectivity index (χ4v) is 2.93. The Morgan fingerprint density at radius 2 is 2.09 bits per heavy atom. The van der Waals surface area contributed by atoms with Gasteiger partial charge in [0.2, 0.25) is 0 Å². The van der Waals surface area contributed by atoms with Gasteiger partial charge in [-0.25, -0.2) is 15.0 Å². The summed E-state index contributed by atoms with van der Waals surface area (Å²) in [4.78, 5) is 13.2. The van der Waals surface area contributed by atoms with Crippen molar-refractivity contribution in [3.8, 4) is 0 Å². The number of fused-ring (bicyclic) bond motifs is 1. The molecule has 1 aliphatic heterocycles. The molecule has 0 radical (unpaired) electrons. The van der Waals surface area contributed by atoms with Crippen LogP contribution in [0.25, 0.3) is 11.2 Å². The Morgan fingerprint density at radius 3 is 2.91 bits per heavy atom. The lowest BCUT2D eigenvalue weighted by atomic mass is 10.2. The van der Waals surface area contributed by atoms with Gasteiger partial charge in [-0.1, -0.05) is 30.3 Å². The number of imidazole rings is 1. The smallest absolute Gasteiger partial charge is 0.165 e. The van der Waals surface area contributed by atoms with Crippen LogP contribution in [-0.4, -0.2) is 32.2 Å². The largest absolute Gasteiger partial charge is 0.376 e. The van der Waals surface area contributed by atoms with E-state index < -0.39 is 0 Å². The van der Waals surface area contributed by atoms with Gasteiger partial charge in [0.25, 0.3) is 0 Å². The molecule has 1 aliphatic rings. The molecule has 1 unspecified atom stereocenters. The van der Waals surface area contributed by atoms with E-state index in [2.05, 4.69) is 37.0 Å². The summed E-state index contributed by atoms with van der Waals surface area (Å²) in [6.45, 7) is 2.37. The lowest BCUT2D eigenvalue weighted by molar-refractivity contribution is 0.0978. The molecule has 1 fully saturated rings. The molecule has 1 N–H and O–H groups in total. The van der Waals surface area contributed by atoms with Gasteiger partial charge in [0.05, 0.1) is 19.0 Å². The van der Waals surface area contributed by atoms with Crippen LogP contribution < -0.4 is 5.32 Å². The summed E-state index contributed by atoms with van der Waals surface area (Å²) in [6, 6.07) is 10.2. The van der Waals surface area contributed by atoms with Gasteiger partial charge in [0, 0.05) is 13.2 Å². The molecule has 0 amide bonds. The van der Waals surface area contributed by atoms with Crippen molar-refractivity contribution in [3.63, 3.8) is 0 Å². The quantitative estimate of drug-likeness (QED) is 0.785. The van der Waals surface area contributed by atoms with Crippen LogP contribution in [0.2, 0.25) is 0 Å². The van der Waals surface area contributed by atoms with Gasteiger partial charge in [0.15, 0.2) is 11.5 Å². The van der Waals surface area contributed by atoms with E-state index in [0.717, 1.165) is 43.0 Å². The first kappa shape index (κ1) is 14.1. The van der Waals surface area contributed by atoms with Crippen molar-refractivity contribution in [3.05, 3.63) is 48.5 Å². The first-order valence-electron chi connectivity index (χ1n) is 7.95. The Hall–Kier alpha value is -2.47. The minimum Gasteiger partial charge on any atom is -0.376 e. The van der Waals surface area contributed by atoms with Crippen molar-refractivity contribution in [2.75, 3.05) is 11.9 Å². The van der Waals surface area contributed by atoms with Gasteiger partial charge in [-0.15, -0.1) is 0 Å². The van der Waals surface area contributed by atoms with Gasteiger partial charge in [-0.05, 0) is 18.4 Å². The fraction of sp³-hybridized carbons (Fsp3) is 0.353. The predicted octanol–water partition coefficient (Wildman–Crippen LogP) is 2.62. The Balaban J connectivity index is 1.54. The Bertz CT molecular complexity index is 780. The summed E-state index contributed by atoms with van der Waals surface area (Å²) in [7, 11) is 0. The van der Waals surface area contributed by atoms with Crippen LogP contribution in [-0.2, 0) is 17.8 Å². The first-order chi connectivity index (χ1) is 11.4. The number of rotatable bonds is 5. The van der Waals surface area contributed by atoms with Crippen LogP contribution in [0.5, 0.6) is 0 Å².